The SMILES string of the molecule is C#C.CC.CC.CSc1ccc(NC(=O)NCc2cccc(Cl)c2Cl)cc1. The van der Waals surface area contributed by atoms with Gasteiger partial charge in [0.1, 0.15) is 0 Å². The number of thioether (sulfide) groups is 1. The number of urea groups is 1. The van der Waals surface area contributed by atoms with Crippen LogP contribution in [0, 0.1) is 12.8 Å². The minimum absolute atomic E-state index is 0.289. The van der Waals surface area contributed by atoms with Crippen LogP contribution in [-0.2, 0) is 6.54 Å². The number of carbonyl (C=O) groups excluding carboxylic acids is 1. The molecule has 2 aromatic rings. The predicted molar refractivity (Wildman–Crippen MR) is 123 cm³/mol. The number of benzene rings is 2. The third-order valence-corrected chi connectivity index (χ3v) is 4.42. The fourth-order valence-corrected chi connectivity index (χ4v) is 2.51. The zero-order valence-corrected chi connectivity index (χ0v) is 18.8. The summed E-state index contributed by atoms with van der Waals surface area (Å²) in [5.41, 5.74) is 1.51. The normalized spacial score (nSPS) is 8.48. The van der Waals surface area contributed by atoms with Crippen LogP contribution in [0.1, 0.15) is 33.3 Å². The van der Waals surface area contributed by atoms with Gasteiger partial charge < -0.3 is 10.6 Å². The molecule has 0 heterocycles. The maximum Gasteiger partial charge on any atom is 0.319 e. The number of hydrogen-bond acceptors (Lipinski definition) is 2. The van der Waals surface area contributed by atoms with E-state index >= 15 is 0 Å². The van der Waals surface area contributed by atoms with E-state index in [-0.39, 0.29) is 6.03 Å². The highest BCUT2D eigenvalue weighted by molar-refractivity contribution is 7.98. The molecular weight excluding hydrogens is 399 g/mol. The van der Waals surface area contributed by atoms with Gasteiger partial charge >= 0.3 is 6.03 Å². The van der Waals surface area contributed by atoms with Crippen molar-refractivity contribution in [3.05, 3.63) is 58.1 Å². The van der Waals surface area contributed by atoms with E-state index in [2.05, 4.69) is 23.5 Å². The van der Waals surface area contributed by atoms with E-state index in [9.17, 15) is 4.79 Å². The molecule has 0 aliphatic rings. The summed E-state index contributed by atoms with van der Waals surface area (Å²) in [7, 11) is 0. The van der Waals surface area contributed by atoms with E-state index in [1.165, 1.54) is 0 Å². The topological polar surface area (TPSA) is 41.1 Å². The van der Waals surface area contributed by atoms with E-state index in [1.54, 1.807) is 23.9 Å². The quantitative estimate of drug-likeness (QED) is 0.396. The van der Waals surface area contributed by atoms with Gasteiger partial charge in [-0.2, -0.15) is 0 Å². The molecule has 0 bridgehead atoms. The van der Waals surface area contributed by atoms with E-state index in [0.717, 1.165) is 16.1 Å². The van der Waals surface area contributed by atoms with E-state index in [1.807, 2.05) is 64.3 Å². The molecule has 2 rings (SSSR count). The minimum Gasteiger partial charge on any atom is -0.334 e. The maximum atomic E-state index is 11.8. The first-order chi connectivity index (χ1) is 13.1. The first-order valence-corrected chi connectivity index (χ1v) is 10.5. The lowest BCUT2D eigenvalue weighted by molar-refractivity contribution is 0.251. The summed E-state index contributed by atoms with van der Waals surface area (Å²) in [6.07, 6.45) is 10.0. The number of nitrogens with one attached hydrogen (secondary N) is 2. The van der Waals surface area contributed by atoms with Crippen molar-refractivity contribution in [2.45, 2.75) is 39.1 Å². The third kappa shape index (κ3) is 10.8. The molecule has 0 aliphatic carbocycles. The van der Waals surface area contributed by atoms with Crippen molar-refractivity contribution >= 4 is 46.7 Å². The Morgan fingerprint density at radius 2 is 1.56 bits per heavy atom. The van der Waals surface area contributed by atoms with Crippen LogP contribution in [0.5, 0.6) is 0 Å². The van der Waals surface area contributed by atoms with Crippen LogP contribution in [0.15, 0.2) is 47.4 Å². The Kier molecular flexibility index (Phi) is 17.9. The van der Waals surface area contributed by atoms with Crippen LogP contribution in [0.2, 0.25) is 10.0 Å². The second kappa shape index (κ2) is 17.6. The zero-order valence-electron chi connectivity index (χ0n) is 16.5. The number of hydrogen-bond donors (Lipinski definition) is 2. The average Bonchev–Trinajstić information content (AvgIpc) is 2.74. The van der Waals surface area contributed by atoms with Crippen molar-refractivity contribution < 1.29 is 4.79 Å². The molecule has 0 radical (unpaired) electrons. The third-order valence-electron chi connectivity index (χ3n) is 2.82. The molecule has 0 aliphatic heterocycles. The lowest BCUT2D eigenvalue weighted by Crippen LogP contribution is -2.28. The maximum absolute atomic E-state index is 11.8. The highest BCUT2D eigenvalue weighted by Gasteiger charge is 2.06. The molecule has 2 N–H and O–H groups in total. The van der Waals surface area contributed by atoms with Gasteiger partial charge in [0.2, 0.25) is 0 Å². The molecule has 3 nitrogen and oxygen atoms in total. The highest BCUT2D eigenvalue weighted by Crippen LogP contribution is 2.25. The molecule has 0 saturated heterocycles. The van der Waals surface area contributed by atoms with Crippen molar-refractivity contribution in [1.82, 2.24) is 5.32 Å². The van der Waals surface area contributed by atoms with Crippen molar-refractivity contribution in [2.75, 3.05) is 11.6 Å². The molecule has 2 amide bonds. The van der Waals surface area contributed by atoms with Crippen LogP contribution in [0.25, 0.3) is 0 Å². The second-order valence-electron chi connectivity index (χ2n) is 4.25. The van der Waals surface area contributed by atoms with Crippen molar-refractivity contribution in [3.63, 3.8) is 0 Å². The van der Waals surface area contributed by atoms with E-state index in [0.29, 0.717) is 16.6 Å². The Morgan fingerprint density at radius 1 is 1.00 bits per heavy atom. The molecule has 0 aromatic heterocycles. The second-order valence-corrected chi connectivity index (χ2v) is 5.91. The number of rotatable bonds is 4. The van der Waals surface area contributed by atoms with Gasteiger partial charge in [0.25, 0.3) is 0 Å². The molecule has 2 aromatic carbocycles. The van der Waals surface area contributed by atoms with Gasteiger partial charge in [-0.3, -0.25) is 0 Å². The van der Waals surface area contributed by atoms with Gasteiger partial charge in [0.15, 0.2) is 0 Å². The van der Waals surface area contributed by atoms with Gasteiger partial charge in [0.05, 0.1) is 10.0 Å². The fourth-order valence-electron chi connectivity index (χ4n) is 1.71. The standard InChI is InChI=1S/C15H14Cl2N2OS.2C2H6.C2H2/c1-21-12-7-5-11(6-8-12)19-15(20)18-9-10-3-2-4-13(16)14(10)17;3*1-2/h2-8H,9H2,1H3,(H2,18,19,20);2*1-2H3;1-2H. The largest absolute Gasteiger partial charge is 0.334 e. The first kappa shape index (κ1) is 27.4. The molecule has 27 heavy (non-hydrogen) atoms. The molecular formula is C21H28Cl2N2OS. The van der Waals surface area contributed by atoms with Gasteiger partial charge in [-0.05, 0) is 42.2 Å². The van der Waals surface area contributed by atoms with Crippen molar-refractivity contribution in [2.24, 2.45) is 0 Å². The Labute approximate surface area is 178 Å². The molecule has 0 unspecified atom stereocenters. The highest BCUT2D eigenvalue weighted by atomic mass is 35.5. The summed E-state index contributed by atoms with van der Waals surface area (Å²) in [6.45, 7) is 8.31. The summed E-state index contributed by atoms with van der Waals surface area (Å²) in [4.78, 5) is 13.0. The number of terminal acetylenes is 1. The summed E-state index contributed by atoms with van der Waals surface area (Å²) in [5, 5.41) is 6.45. The van der Waals surface area contributed by atoms with Crippen LogP contribution in [0.4, 0.5) is 10.5 Å². The Balaban J connectivity index is 0. The van der Waals surface area contributed by atoms with Crippen LogP contribution in [-0.4, -0.2) is 12.3 Å². The van der Waals surface area contributed by atoms with Crippen molar-refractivity contribution in [1.29, 1.82) is 0 Å². The number of carbonyl (C=O) groups is 1. The van der Waals surface area contributed by atoms with Gasteiger partial charge in [-0.1, -0.05) is 63.0 Å². The van der Waals surface area contributed by atoms with E-state index < -0.39 is 0 Å². The minimum atomic E-state index is -0.289. The lowest BCUT2D eigenvalue weighted by atomic mass is 10.2. The fraction of sp³-hybridized carbons (Fsp3) is 0.286. The number of halogens is 2. The Hall–Kier alpha value is -1.80. The summed E-state index contributed by atoms with van der Waals surface area (Å²) in [5.74, 6) is 0. The van der Waals surface area contributed by atoms with Gasteiger partial charge in [-0.25, -0.2) is 4.79 Å². The van der Waals surface area contributed by atoms with Crippen LogP contribution < -0.4 is 10.6 Å². The van der Waals surface area contributed by atoms with Crippen molar-refractivity contribution in [3.8, 4) is 12.8 Å². The van der Waals surface area contributed by atoms with Gasteiger partial charge in [0, 0.05) is 17.1 Å². The molecule has 0 atom stereocenters. The molecule has 148 valence electrons. The first-order valence-electron chi connectivity index (χ1n) is 8.55. The summed E-state index contributed by atoms with van der Waals surface area (Å²) in [6, 6.07) is 12.7. The Bertz CT molecular complexity index is 674. The lowest BCUT2D eigenvalue weighted by Gasteiger charge is -2.09. The molecule has 0 saturated carbocycles. The summed E-state index contributed by atoms with van der Waals surface area (Å²) >= 11 is 13.6. The molecule has 0 spiro atoms. The monoisotopic (exact) mass is 426 g/mol. The predicted octanol–water partition coefficient (Wildman–Crippen LogP) is 7.34. The van der Waals surface area contributed by atoms with E-state index in [4.69, 9.17) is 23.2 Å². The molecule has 0 fully saturated rings. The zero-order chi connectivity index (χ0) is 21.2. The van der Waals surface area contributed by atoms with Crippen LogP contribution in [0.3, 0.4) is 0 Å². The number of anilines is 1. The smallest absolute Gasteiger partial charge is 0.319 e. The summed E-state index contributed by atoms with van der Waals surface area (Å²) < 4.78 is 0. The number of amides is 2. The Morgan fingerprint density at radius 3 is 2.07 bits per heavy atom. The van der Waals surface area contributed by atoms with Gasteiger partial charge in [-0.15, -0.1) is 24.6 Å². The average molecular weight is 427 g/mol. The van der Waals surface area contributed by atoms with Crippen LogP contribution >= 0.6 is 35.0 Å². The molecule has 6 heteroatoms.